The van der Waals surface area contributed by atoms with Crippen LogP contribution in [0.1, 0.15) is 33.6 Å². The summed E-state index contributed by atoms with van der Waals surface area (Å²) in [7, 11) is 1.75. The molecule has 0 aromatic rings. The zero-order chi connectivity index (χ0) is 8.85. The van der Waals surface area contributed by atoms with Crippen molar-refractivity contribution in [2.75, 3.05) is 7.11 Å². The third-order valence-corrected chi connectivity index (χ3v) is 2.30. The first-order chi connectivity index (χ1) is 5.11. The second kappa shape index (κ2) is 5.56. The summed E-state index contributed by atoms with van der Waals surface area (Å²) in [5.41, 5.74) is 5.79. The molecule has 0 spiro atoms. The van der Waals surface area contributed by atoms with Gasteiger partial charge in [-0.1, -0.05) is 13.3 Å². The lowest BCUT2D eigenvalue weighted by Gasteiger charge is -2.21. The lowest BCUT2D eigenvalue weighted by Crippen LogP contribution is -2.29. The van der Waals surface area contributed by atoms with Gasteiger partial charge in [-0.05, 0) is 26.2 Å². The minimum Gasteiger partial charge on any atom is -0.382 e. The Labute approximate surface area is 70.1 Å². The van der Waals surface area contributed by atoms with Crippen LogP contribution in [-0.2, 0) is 4.74 Å². The van der Waals surface area contributed by atoms with Crippen molar-refractivity contribution in [2.24, 2.45) is 11.7 Å². The fraction of sp³-hybridized carbons (Fsp3) is 1.00. The van der Waals surface area contributed by atoms with Crippen molar-refractivity contribution >= 4 is 0 Å². The molecule has 68 valence electrons. The van der Waals surface area contributed by atoms with Gasteiger partial charge in [0, 0.05) is 13.2 Å². The standard InChI is InChI=1S/C9H21NO/c1-5-9(8(3)10)6-7(2)11-4/h7-9H,5-6,10H2,1-4H3. The number of hydrogen-bond acceptors (Lipinski definition) is 2. The summed E-state index contributed by atoms with van der Waals surface area (Å²) in [5, 5.41) is 0. The van der Waals surface area contributed by atoms with Gasteiger partial charge < -0.3 is 10.5 Å². The van der Waals surface area contributed by atoms with Crippen molar-refractivity contribution in [3.63, 3.8) is 0 Å². The Morgan fingerprint density at radius 1 is 1.36 bits per heavy atom. The number of hydrogen-bond donors (Lipinski definition) is 1. The third kappa shape index (κ3) is 4.38. The Kier molecular flexibility index (Phi) is 5.51. The molecule has 0 amide bonds. The molecule has 0 saturated carbocycles. The Bertz CT molecular complexity index is 93.6. The Hall–Kier alpha value is -0.0800. The van der Waals surface area contributed by atoms with Crippen LogP contribution in [0.25, 0.3) is 0 Å². The van der Waals surface area contributed by atoms with Gasteiger partial charge in [-0.25, -0.2) is 0 Å². The largest absolute Gasteiger partial charge is 0.382 e. The van der Waals surface area contributed by atoms with Crippen LogP contribution in [0.4, 0.5) is 0 Å². The molecule has 0 aromatic carbocycles. The molecule has 0 aliphatic rings. The quantitative estimate of drug-likeness (QED) is 0.663. The molecule has 2 heteroatoms. The minimum absolute atomic E-state index is 0.289. The van der Waals surface area contributed by atoms with E-state index in [0.29, 0.717) is 12.0 Å². The third-order valence-electron chi connectivity index (χ3n) is 2.30. The molecule has 0 aliphatic carbocycles. The molecule has 0 aliphatic heterocycles. The van der Waals surface area contributed by atoms with Gasteiger partial charge in [0.25, 0.3) is 0 Å². The van der Waals surface area contributed by atoms with Crippen molar-refractivity contribution in [2.45, 2.75) is 45.8 Å². The summed E-state index contributed by atoms with van der Waals surface area (Å²) >= 11 is 0. The van der Waals surface area contributed by atoms with E-state index in [0.717, 1.165) is 12.8 Å². The molecule has 2 nitrogen and oxygen atoms in total. The van der Waals surface area contributed by atoms with Crippen LogP contribution in [0.5, 0.6) is 0 Å². The van der Waals surface area contributed by atoms with Crippen molar-refractivity contribution in [3.8, 4) is 0 Å². The molecule has 0 rings (SSSR count). The smallest absolute Gasteiger partial charge is 0.0546 e. The maximum Gasteiger partial charge on any atom is 0.0546 e. The molecule has 0 heterocycles. The summed E-state index contributed by atoms with van der Waals surface area (Å²) in [6, 6.07) is 0.289. The lowest BCUT2D eigenvalue weighted by atomic mass is 9.93. The molecule has 0 radical (unpaired) electrons. The molecule has 0 saturated heterocycles. The maximum atomic E-state index is 5.79. The summed E-state index contributed by atoms with van der Waals surface area (Å²) in [5.74, 6) is 0.602. The number of methoxy groups -OCH3 is 1. The summed E-state index contributed by atoms with van der Waals surface area (Å²) in [6.07, 6.45) is 2.56. The maximum absolute atomic E-state index is 5.79. The van der Waals surface area contributed by atoms with Gasteiger partial charge in [-0.15, -0.1) is 0 Å². The normalized spacial score (nSPS) is 19.4. The van der Waals surface area contributed by atoms with E-state index < -0.39 is 0 Å². The Morgan fingerprint density at radius 3 is 2.18 bits per heavy atom. The lowest BCUT2D eigenvalue weighted by molar-refractivity contribution is 0.0906. The van der Waals surface area contributed by atoms with E-state index in [2.05, 4.69) is 20.8 Å². The van der Waals surface area contributed by atoms with Gasteiger partial charge in [0.1, 0.15) is 0 Å². The van der Waals surface area contributed by atoms with Crippen molar-refractivity contribution in [1.82, 2.24) is 0 Å². The second-order valence-corrected chi connectivity index (χ2v) is 3.31. The predicted molar refractivity (Wildman–Crippen MR) is 48.5 cm³/mol. The molecular weight excluding hydrogens is 138 g/mol. The summed E-state index contributed by atoms with van der Waals surface area (Å²) in [4.78, 5) is 0. The van der Waals surface area contributed by atoms with E-state index in [1.165, 1.54) is 0 Å². The van der Waals surface area contributed by atoms with Crippen LogP contribution in [0.15, 0.2) is 0 Å². The summed E-state index contributed by atoms with van der Waals surface area (Å²) < 4.78 is 5.18. The zero-order valence-corrected chi connectivity index (χ0v) is 8.13. The highest BCUT2D eigenvalue weighted by Crippen LogP contribution is 2.15. The first-order valence-electron chi connectivity index (χ1n) is 4.40. The Balaban J connectivity index is 3.68. The van der Waals surface area contributed by atoms with Gasteiger partial charge in [0.05, 0.1) is 6.10 Å². The molecule has 0 fully saturated rings. The van der Waals surface area contributed by atoms with Crippen molar-refractivity contribution < 1.29 is 4.74 Å². The first kappa shape index (κ1) is 10.9. The van der Waals surface area contributed by atoms with Gasteiger partial charge >= 0.3 is 0 Å². The average molecular weight is 159 g/mol. The predicted octanol–water partition coefficient (Wildman–Crippen LogP) is 1.78. The number of ether oxygens (including phenoxy) is 1. The SMILES string of the molecule is CCC(CC(C)OC)C(C)N. The monoisotopic (exact) mass is 159 g/mol. The highest BCUT2D eigenvalue weighted by Gasteiger charge is 2.14. The van der Waals surface area contributed by atoms with E-state index in [4.69, 9.17) is 10.5 Å². The van der Waals surface area contributed by atoms with E-state index in [-0.39, 0.29) is 6.04 Å². The second-order valence-electron chi connectivity index (χ2n) is 3.31. The summed E-state index contributed by atoms with van der Waals surface area (Å²) in [6.45, 7) is 6.33. The van der Waals surface area contributed by atoms with E-state index in [9.17, 15) is 0 Å². The van der Waals surface area contributed by atoms with Gasteiger partial charge in [0.2, 0.25) is 0 Å². The van der Waals surface area contributed by atoms with Crippen LogP contribution in [0, 0.1) is 5.92 Å². The highest BCUT2D eigenvalue weighted by atomic mass is 16.5. The number of nitrogens with two attached hydrogens (primary N) is 1. The van der Waals surface area contributed by atoms with Crippen molar-refractivity contribution in [1.29, 1.82) is 0 Å². The molecule has 2 N–H and O–H groups in total. The van der Waals surface area contributed by atoms with E-state index in [1.54, 1.807) is 7.11 Å². The molecule has 3 unspecified atom stereocenters. The molecule has 3 atom stereocenters. The van der Waals surface area contributed by atoms with Crippen LogP contribution in [-0.4, -0.2) is 19.3 Å². The van der Waals surface area contributed by atoms with Crippen LogP contribution >= 0.6 is 0 Å². The average Bonchev–Trinajstić information content (AvgIpc) is 1.99. The fourth-order valence-corrected chi connectivity index (χ4v) is 1.28. The van der Waals surface area contributed by atoms with Gasteiger partial charge in [-0.2, -0.15) is 0 Å². The van der Waals surface area contributed by atoms with E-state index in [1.807, 2.05) is 0 Å². The molecule has 0 bridgehead atoms. The number of rotatable bonds is 5. The van der Waals surface area contributed by atoms with Crippen LogP contribution in [0.2, 0.25) is 0 Å². The minimum atomic E-state index is 0.289. The van der Waals surface area contributed by atoms with Gasteiger partial charge in [-0.3, -0.25) is 0 Å². The van der Waals surface area contributed by atoms with Gasteiger partial charge in [0.15, 0.2) is 0 Å². The fourth-order valence-electron chi connectivity index (χ4n) is 1.28. The molecule has 11 heavy (non-hydrogen) atoms. The Morgan fingerprint density at radius 2 is 1.91 bits per heavy atom. The van der Waals surface area contributed by atoms with Crippen molar-refractivity contribution in [3.05, 3.63) is 0 Å². The molecule has 0 aromatic heterocycles. The zero-order valence-electron chi connectivity index (χ0n) is 8.13. The molecular formula is C9H21NO. The van der Waals surface area contributed by atoms with Crippen LogP contribution in [0.3, 0.4) is 0 Å². The van der Waals surface area contributed by atoms with E-state index >= 15 is 0 Å². The first-order valence-corrected chi connectivity index (χ1v) is 4.40. The highest BCUT2D eigenvalue weighted by molar-refractivity contribution is 4.69. The topological polar surface area (TPSA) is 35.2 Å². The van der Waals surface area contributed by atoms with Crippen LogP contribution < -0.4 is 5.73 Å².